The molecule has 1 unspecified atom stereocenters. The number of hydrogen-bond acceptors (Lipinski definition) is 3. The van der Waals surface area contributed by atoms with Gasteiger partial charge in [0.2, 0.25) is 0 Å². The molecule has 2 heterocycles. The Bertz CT molecular complexity index is 338. The summed E-state index contributed by atoms with van der Waals surface area (Å²) >= 11 is 1.95. The van der Waals surface area contributed by atoms with Gasteiger partial charge in [-0.1, -0.05) is 32.6 Å². The first kappa shape index (κ1) is 15.7. The standard InChI is InChI=1S/C15H26N2O2S/c1-2-3-4-6-11(9-18)7-5-8-13-14-12(10-20-13)16-15(19)17-14/h9,11-14H,2-8,10H2,1H3,(H2,16,17,19)/t11?,12-,13-,14-/m0/s1. The van der Waals surface area contributed by atoms with E-state index in [0.29, 0.717) is 17.3 Å². The summed E-state index contributed by atoms with van der Waals surface area (Å²) in [4.78, 5) is 22.4. The summed E-state index contributed by atoms with van der Waals surface area (Å²) in [5.41, 5.74) is 0. The van der Waals surface area contributed by atoms with Gasteiger partial charge < -0.3 is 15.4 Å². The number of carbonyl (C=O) groups is 2. The van der Waals surface area contributed by atoms with Crippen molar-refractivity contribution in [2.24, 2.45) is 5.92 Å². The first-order valence-electron chi connectivity index (χ1n) is 7.88. The van der Waals surface area contributed by atoms with E-state index in [2.05, 4.69) is 17.6 Å². The highest BCUT2D eigenvalue weighted by molar-refractivity contribution is 8.00. The van der Waals surface area contributed by atoms with Gasteiger partial charge in [0, 0.05) is 16.9 Å². The molecule has 0 radical (unpaired) electrons. The van der Waals surface area contributed by atoms with E-state index in [1.807, 2.05) is 11.8 Å². The second-order valence-corrected chi connectivity index (χ2v) is 7.22. The molecule has 2 amide bonds. The zero-order valence-electron chi connectivity index (χ0n) is 12.3. The fourth-order valence-corrected chi connectivity index (χ4v) is 4.70. The van der Waals surface area contributed by atoms with Gasteiger partial charge in [0.05, 0.1) is 12.1 Å². The normalized spacial score (nSPS) is 29.6. The predicted molar refractivity (Wildman–Crippen MR) is 83.0 cm³/mol. The number of urea groups is 1. The van der Waals surface area contributed by atoms with Crippen LogP contribution in [0.4, 0.5) is 4.79 Å². The molecule has 0 saturated carbocycles. The van der Waals surface area contributed by atoms with Crippen LogP contribution < -0.4 is 10.6 Å². The van der Waals surface area contributed by atoms with Crippen LogP contribution in [-0.4, -0.2) is 35.4 Å². The lowest BCUT2D eigenvalue weighted by atomic mass is 9.95. The van der Waals surface area contributed by atoms with E-state index in [-0.39, 0.29) is 11.9 Å². The maximum Gasteiger partial charge on any atom is 0.315 e. The summed E-state index contributed by atoms with van der Waals surface area (Å²) in [5.74, 6) is 1.25. The fraction of sp³-hybridized carbons (Fsp3) is 0.867. The number of hydrogen-bond donors (Lipinski definition) is 2. The van der Waals surface area contributed by atoms with Gasteiger partial charge >= 0.3 is 6.03 Å². The summed E-state index contributed by atoms with van der Waals surface area (Å²) in [6, 6.07) is 0.585. The van der Waals surface area contributed by atoms with Crippen LogP contribution in [0.25, 0.3) is 0 Å². The number of thioether (sulfide) groups is 1. The molecule has 0 bridgehead atoms. The van der Waals surface area contributed by atoms with Crippen LogP contribution in [0.15, 0.2) is 0 Å². The Morgan fingerprint density at radius 1 is 1.30 bits per heavy atom. The van der Waals surface area contributed by atoms with Gasteiger partial charge in [0.25, 0.3) is 0 Å². The molecular formula is C15H26N2O2S. The molecule has 4 atom stereocenters. The largest absolute Gasteiger partial charge is 0.332 e. The lowest BCUT2D eigenvalue weighted by molar-refractivity contribution is -0.111. The third kappa shape index (κ3) is 4.14. The molecule has 0 spiro atoms. The van der Waals surface area contributed by atoms with Crippen molar-refractivity contribution in [3.05, 3.63) is 0 Å². The van der Waals surface area contributed by atoms with Crippen molar-refractivity contribution in [2.45, 2.75) is 69.2 Å². The molecule has 0 aliphatic carbocycles. The third-order valence-corrected chi connectivity index (χ3v) is 5.88. The Morgan fingerprint density at radius 2 is 2.10 bits per heavy atom. The van der Waals surface area contributed by atoms with Crippen molar-refractivity contribution >= 4 is 24.1 Å². The van der Waals surface area contributed by atoms with Crippen LogP contribution in [-0.2, 0) is 4.79 Å². The molecule has 0 aromatic carbocycles. The van der Waals surface area contributed by atoms with Crippen LogP contribution in [0.5, 0.6) is 0 Å². The second kappa shape index (κ2) is 7.91. The highest BCUT2D eigenvalue weighted by atomic mass is 32.2. The molecule has 2 fully saturated rings. The minimum Gasteiger partial charge on any atom is -0.332 e. The number of amides is 2. The van der Waals surface area contributed by atoms with Gasteiger partial charge in [-0.05, 0) is 19.3 Å². The molecule has 2 aliphatic rings. The van der Waals surface area contributed by atoms with Gasteiger partial charge in [0.1, 0.15) is 6.29 Å². The molecule has 5 heteroatoms. The lowest BCUT2D eigenvalue weighted by Crippen LogP contribution is -2.36. The van der Waals surface area contributed by atoms with Crippen molar-refractivity contribution < 1.29 is 9.59 Å². The third-order valence-electron chi connectivity index (χ3n) is 4.37. The van der Waals surface area contributed by atoms with E-state index < -0.39 is 0 Å². The Kier molecular flexibility index (Phi) is 6.20. The lowest BCUT2D eigenvalue weighted by Gasteiger charge is -2.17. The van der Waals surface area contributed by atoms with E-state index in [4.69, 9.17) is 0 Å². The monoisotopic (exact) mass is 298 g/mol. The van der Waals surface area contributed by atoms with E-state index in [9.17, 15) is 9.59 Å². The van der Waals surface area contributed by atoms with Gasteiger partial charge in [0.15, 0.2) is 0 Å². The number of carbonyl (C=O) groups excluding carboxylic acids is 2. The number of nitrogens with one attached hydrogen (secondary N) is 2. The fourth-order valence-electron chi connectivity index (χ4n) is 3.16. The van der Waals surface area contributed by atoms with Crippen molar-refractivity contribution in [3.63, 3.8) is 0 Å². The van der Waals surface area contributed by atoms with E-state index in [1.165, 1.54) is 19.3 Å². The number of rotatable bonds is 9. The molecule has 0 aromatic heterocycles. The molecule has 20 heavy (non-hydrogen) atoms. The molecule has 2 aliphatic heterocycles. The Hall–Kier alpha value is -0.710. The van der Waals surface area contributed by atoms with Crippen LogP contribution in [0.1, 0.15) is 51.9 Å². The molecule has 2 saturated heterocycles. The SMILES string of the molecule is CCCCCC(C=O)CCC[C@@H]1SC[C@@H]2NC(=O)N[C@@H]21. The second-order valence-electron chi connectivity index (χ2n) is 5.94. The quantitative estimate of drug-likeness (QED) is 0.391. The summed E-state index contributed by atoms with van der Waals surface area (Å²) in [6.07, 6.45) is 8.98. The zero-order chi connectivity index (χ0) is 14.4. The number of fused-ring (bicyclic) bond motifs is 1. The molecule has 114 valence electrons. The topological polar surface area (TPSA) is 58.2 Å². The minimum absolute atomic E-state index is 0.0179. The van der Waals surface area contributed by atoms with Crippen molar-refractivity contribution in [3.8, 4) is 0 Å². The first-order valence-corrected chi connectivity index (χ1v) is 8.93. The van der Waals surface area contributed by atoms with Crippen LogP contribution in [0, 0.1) is 5.92 Å². The van der Waals surface area contributed by atoms with Crippen LogP contribution in [0.2, 0.25) is 0 Å². The summed E-state index contributed by atoms with van der Waals surface area (Å²) in [6.45, 7) is 2.19. The molecule has 2 rings (SSSR count). The maximum absolute atomic E-state index is 11.3. The number of aldehydes is 1. The first-order chi connectivity index (χ1) is 9.74. The zero-order valence-corrected chi connectivity index (χ0v) is 13.1. The van der Waals surface area contributed by atoms with Crippen LogP contribution in [0.3, 0.4) is 0 Å². The van der Waals surface area contributed by atoms with Gasteiger partial charge in [-0.25, -0.2) is 4.79 Å². The van der Waals surface area contributed by atoms with Crippen molar-refractivity contribution in [2.75, 3.05) is 5.75 Å². The van der Waals surface area contributed by atoms with Crippen molar-refractivity contribution in [1.82, 2.24) is 10.6 Å². The Labute approximate surface area is 125 Å². The molecule has 0 aromatic rings. The maximum atomic E-state index is 11.3. The molecule has 4 nitrogen and oxygen atoms in total. The Morgan fingerprint density at radius 3 is 2.85 bits per heavy atom. The average molecular weight is 298 g/mol. The highest BCUT2D eigenvalue weighted by Crippen LogP contribution is 2.33. The smallest absolute Gasteiger partial charge is 0.315 e. The minimum atomic E-state index is -0.0179. The van der Waals surface area contributed by atoms with Gasteiger partial charge in [-0.2, -0.15) is 11.8 Å². The summed E-state index contributed by atoms with van der Waals surface area (Å²) < 4.78 is 0. The highest BCUT2D eigenvalue weighted by Gasteiger charge is 2.42. The predicted octanol–water partition coefficient (Wildman–Crippen LogP) is 2.72. The Balaban J connectivity index is 1.65. The average Bonchev–Trinajstić information content (AvgIpc) is 2.97. The summed E-state index contributed by atoms with van der Waals surface area (Å²) in [5, 5.41) is 6.50. The molecular weight excluding hydrogens is 272 g/mol. The van der Waals surface area contributed by atoms with E-state index in [0.717, 1.165) is 37.7 Å². The van der Waals surface area contributed by atoms with Gasteiger partial charge in [-0.15, -0.1) is 0 Å². The number of unbranched alkanes of at least 4 members (excludes halogenated alkanes) is 2. The van der Waals surface area contributed by atoms with Crippen LogP contribution >= 0.6 is 11.8 Å². The molecule has 2 N–H and O–H groups in total. The van der Waals surface area contributed by atoms with E-state index >= 15 is 0 Å². The summed E-state index contributed by atoms with van der Waals surface area (Å²) in [7, 11) is 0. The van der Waals surface area contributed by atoms with E-state index in [1.54, 1.807) is 0 Å². The van der Waals surface area contributed by atoms with Crippen molar-refractivity contribution in [1.29, 1.82) is 0 Å². The van der Waals surface area contributed by atoms with Gasteiger partial charge in [-0.3, -0.25) is 0 Å².